The number of piperidine rings is 1. The Bertz CT molecular complexity index is 1150. The molecule has 2 aromatic carbocycles. The molecule has 1 unspecified atom stereocenters. The molecule has 2 aliphatic rings. The smallest absolute Gasteiger partial charge is 0.262 e. The van der Waals surface area contributed by atoms with Crippen LogP contribution in [0.1, 0.15) is 25.3 Å². The van der Waals surface area contributed by atoms with Crippen molar-refractivity contribution in [2.45, 2.75) is 31.2 Å². The van der Waals surface area contributed by atoms with Gasteiger partial charge in [0.25, 0.3) is 5.91 Å². The zero-order valence-corrected chi connectivity index (χ0v) is 19.2. The number of benzene rings is 2. The second-order valence-corrected chi connectivity index (χ2v) is 9.89. The SMILES string of the molecule is CCOc1ccccc1CNC(=O)C1CCCN(S(=O)(=O)c2ccc3c(c2)NC(=O)CO3)C1. The lowest BCUT2D eigenvalue weighted by atomic mass is 9.98. The Morgan fingerprint density at radius 3 is 2.91 bits per heavy atom. The molecule has 2 heterocycles. The van der Waals surface area contributed by atoms with Gasteiger partial charge in [0.1, 0.15) is 11.5 Å². The minimum atomic E-state index is -3.83. The lowest BCUT2D eigenvalue weighted by Gasteiger charge is -2.31. The average Bonchev–Trinajstić information content (AvgIpc) is 2.83. The van der Waals surface area contributed by atoms with Gasteiger partial charge in [-0.05, 0) is 44.0 Å². The van der Waals surface area contributed by atoms with E-state index in [-0.39, 0.29) is 29.9 Å². The summed E-state index contributed by atoms with van der Waals surface area (Å²) in [6.45, 7) is 3.06. The van der Waals surface area contributed by atoms with Crippen LogP contribution >= 0.6 is 0 Å². The maximum absolute atomic E-state index is 13.2. The molecule has 2 aliphatic heterocycles. The fraction of sp³-hybridized carbons (Fsp3) is 0.391. The molecule has 0 aromatic heterocycles. The molecule has 176 valence electrons. The molecule has 2 aromatic rings. The van der Waals surface area contributed by atoms with Gasteiger partial charge in [-0.2, -0.15) is 4.31 Å². The molecule has 0 spiro atoms. The largest absolute Gasteiger partial charge is 0.494 e. The van der Waals surface area contributed by atoms with Crippen LogP contribution < -0.4 is 20.1 Å². The molecule has 0 bridgehead atoms. The first kappa shape index (κ1) is 23.1. The summed E-state index contributed by atoms with van der Waals surface area (Å²) in [5.41, 5.74) is 1.19. The quantitative estimate of drug-likeness (QED) is 0.637. The van der Waals surface area contributed by atoms with Crippen molar-refractivity contribution in [3.63, 3.8) is 0 Å². The number of carbonyl (C=O) groups excluding carboxylic acids is 2. The van der Waals surface area contributed by atoms with E-state index in [1.807, 2.05) is 31.2 Å². The van der Waals surface area contributed by atoms with Crippen LogP contribution in [0.5, 0.6) is 11.5 Å². The van der Waals surface area contributed by atoms with E-state index in [0.29, 0.717) is 44.0 Å². The number of carbonyl (C=O) groups is 2. The summed E-state index contributed by atoms with van der Waals surface area (Å²) in [7, 11) is -3.83. The van der Waals surface area contributed by atoms with Gasteiger partial charge in [-0.15, -0.1) is 0 Å². The Balaban J connectivity index is 1.43. The number of fused-ring (bicyclic) bond motifs is 1. The van der Waals surface area contributed by atoms with Gasteiger partial charge < -0.3 is 20.1 Å². The number of para-hydroxylation sites is 1. The average molecular weight is 474 g/mol. The molecule has 33 heavy (non-hydrogen) atoms. The summed E-state index contributed by atoms with van der Waals surface area (Å²) in [6.07, 6.45) is 1.19. The van der Waals surface area contributed by atoms with Gasteiger partial charge in [0, 0.05) is 25.2 Å². The molecule has 4 rings (SSSR count). The van der Waals surface area contributed by atoms with E-state index in [9.17, 15) is 18.0 Å². The van der Waals surface area contributed by atoms with Gasteiger partial charge in [0.2, 0.25) is 15.9 Å². The van der Waals surface area contributed by atoms with Crippen molar-refractivity contribution in [3.05, 3.63) is 48.0 Å². The number of nitrogens with zero attached hydrogens (tertiary/aromatic N) is 1. The van der Waals surface area contributed by atoms with Crippen LogP contribution in [0.25, 0.3) is 0 Å². The highest BCUT2D eigenvalue weighted by molar-refractivity contribution is 7.89. The molecular formula is C23H27N3O6S. The van der Waals surface area contributed by atoms with E-state index in [1.165, 1.54) is 22.5 Å². The molecule has 0 aliphatic carbocycles. The highest BCUT2D eigenvalue weighted by Gasteiger charge is 2.34. The molecular weight excluding hydrogens is 446 g/mol. The summed E-state index contributed by atoms with van der Waals surface area (Å²) in [6, 6.07) is 11.9. The molecule has 0 saturated carbocycles. The van der Waals surface area contributed by atoms with Gasteiger partial charge >= 0.3 is 0 Å². The number of amides is 2. The number of hydrogen-bond acceptors (Lipinski definition) is 6. The molecule has 2 N–H and O–H groups in total. The van der Waals surface area contributed by atoms with E-state index in [1.54, 1.807) is 0 Å². The Labute approximate surface area is 193 Å². The first-order chi connectivity index (χ1) is 15.9. The Hall–Kier alpha value is -3.11. The van der Waals surface area contributed by atoms with Crippen molar-refractivity contribution in [1.82, 2.24) is 9.62 Å². The second kappa shape index (κ2) is 9.80. The normalized spacial score (nSPS) is 18.6. The number of hydrogen-bond donors (Lipinski definition) is 2. The van der Waals surface area contributed by atoms with Crippen LogP contribution in [0.4, 0.5) is 5.69 Å². The predicted octanol–water partition coefficient (Wildman–Crippen LogP) is 2.13. The summed E-state index contributed by atoms with van der Waals surface area (Å²) in [5, 5.41) is 5.55. The van der Waals surface area contributed by atoms with E-state index >= 15 is 0 Å². The zero-order chi connectivity index (χ0) is 23.4. The van der Waals surface area contributed by atoms with E-state index < -0.39 is 15.9 Å². The van der Waals surface area contributed by atoms with Gasteiger partial charge in [-0.1, -0.05) is 18.2 Å². The number of sulfonamides is 1. The molecule has 1 atom stereocenters. The van der Waals surface area contributed by atoms with Gasteiger partial charge in [0.15, 0.2) is 6.61 Å². The van der Waals surface area contributed by atoms with Crippen molar-refractivity contribution in [2.24, 2.45) is 5.92 Å². The van der Waals surface area contributed by atoms with Crippen LogP contribution in [0.3, 0.4) is 0 Å². The van der Waals surface area contributed by atoms with Gasteiger partial charge in [0.05, 0.1) is 23.1 Å². The number of anilines is 1. The van der Waals surface area contributed by atoms with Crippen LogP contribution in [0.15, 0.2) is 47.4 Å². The van der Waals surface area contributed by atoms with Crippen LogP contribution in [0, 0.1) is 5.92 Å². The third-order valence-electron chi connectivity index (χ3n) is 5.70. The van der Waals surface area contributed by atoms with Gasteiger partial charge in [-0.25, -0.2) is 8.42 Å². The Morgan fingerprint density at radius 1 is 1.27 bits per heavy atom. The first-order valence-electron chi connectivity index (χ1n) is 10.9. The zero-order valence-electron chi connectivity index (χ0n) is 18.4. The maximum atomic E-state index is 13.2. The number of rotatable bonds is 7. The third kappa shape index (κ3) is 5.12. The van der Waals surface area contributed by atoms with Gasteiger partial charge in [-0.3, -0.25) is 9.59 Å². The molecule has 2 amide bonds. The summed E-state index contributed by atoms with van der Waals surface area (Å²) < 4.78 is 38.7. The Kier molecular flexibility index (Phi) is 6.85. The van der Waals surface area contributed by atoms with Crippen molar-refractivity contribution in [3.8, 4) is 11.5 Å². The standard InChI is InChI=1S/C23H27N3O6S/c1-2-31-20-8-4-3-6-16(20)13-24-23(28)17-7-5-11-26(14-17)33(29,30)18-9-10-21-19(12-18)25-22(27)15-32-21/h3-4,6,8-10,12,17H,2,5,7,11,13-15H2,1H3,(H,24,28)(H,25,27). The summed E-state index contributed by atoms with van der Waals surface area (Å²) >= 11 is 0. The fourth-order valence-corrected chi connectivity index (χ4v) is 5.57. The van der Waals surface area contributed by atoms with Crippen molar-refractivity contribution in [2.75, 3.05) is 31.6 Å². The van der Waals surface area contributed by atoms with Crippen LogP contribution in [-0.4, -0.2) is 50.8 Å². The predicted molar refractivity (Wildman–Crippen MR) is 122 cm³/mol. The van der Waals surface area contributed by atoms with E-state index in [0.717, 1.165) is 11.3 Å². The minimum absolute atomic E-state index is 0.0544. The lowest BCUT2D eigenvalue weighted by Crippen LogP contribution is -2.45. The highest BCUT2D eigenvalue weighted by Crippen LogP contribution is 2.32. The van der Waals surface area contributed by atoms with Crippen LogP contribution in [0.2, 0.25) is 0 Å². The first-order valence-corrected chi connectivity index (χ1v) is 12.4. The topological polar surface area (TPSA) is 114 Å². The number of ether oxygens (including phenoxy) is 2. The van der Waals surface area contributed by atoms with Crippen molar-refractivity contribution >= 4 is 27.5 Å². The third-order valence-corrected chi connectivity index (χ3v) is 7.56. The number of nitrogens with one attached hydrogen (secondary N) is 2. The highest BCUT2D eigenvalue weighted by atomic mass is 32.2. The maximum Gasteiger partial charge on any atom is 0.262 e. The second-order valence-electron chi connectivity index (χ2n) is 7.96. The van der Waals surface area contributed by atoms with Crippen molar-refractivity contribution < 1.29 is 27.5 Å². The van der Waals surface area contributed by atoms with Crippen molar-refractivity contribution in [1.29, 1.82) is 0 Å². The summed E-state index contributed by atoms with van der Waals surface area (Å²) in [5.74, 6) is 0.173. The molecule has 1 saturated heterocycles. The monoisotopic (exact) mass is 473 g/mol. The Morgan fingerprint density at radius 2 is 2.09 bits per heavy atom. The molecule has 1 fully saturated rings. The summed E-state index contributed by atoms with van der Waals surface area (Å²) in [4.78, 5) is 24.5. The van der Waals surface area contributed by atoms with E-state index in [4.69, 9.17) is 9.47 Å². The lowest BCUT2D eigenvalue weighted by molar-refractivity contribution is -0.126. The van der Waals surface area contributed by atoms with Crippen LogP contribution in [-0.2, 0) is 26.2 Å². The van der Waals surface area contributed by atoms with E-state index in [2.05, 4.69) is 10.6 Å². The fourth-order valence-electron chi connectivity index (χ4n) is 4.02. The minimum Gasteiger partial charge on any atom is -0.494 e. The molecule has 9 nitrogen and oxygen atoms in total. The molecule has 0 radical (unpaired) electrons. The molecule has 10 heteroatoms.